The minimum absolute atomic E-state index is 0.0971. The van der Waals surface area contributed by atoms with Crippen molar-refractivity contribution in [1.82, 2.24) is 10.3 Å². The second-order valence-electron chi connectivity index (χ2n) is 7.31. The van der Waals surface area contributed by atoms with Crippen LogP contribution >= 0.6 is 0 Å². The van der Waals surface area contributed by atoms with Crippen LogP contribution in [0.25, 0.3) is 10.9 Å². The number of carbonyl (C=O) groups is 3. The van der Waals surface area contributed by atoms with Gasteiger partial charge < -0.3 is 19.9 Å². The number of nitrogens with one attached hydrogen (secondary N) is 2. The number of Topliss-reactive ketones (excluding diaryl/α,β-unsaturated/α-hetero) is 1. The number of aryl methyl sites for hydroxylation is 1. The number of para-hydroxylation sites is 1. The highest BCUT2D eigenvalue weighted by molar-refractivity contribution is 6.45. The van der Waals surface area contributed by atoms with E-state index in [0.717, 1.165) is 17.0 Å². The van der Waals surface area contributed by atoms with Gasteiger partial charge in [-0.15, -0.1) is 0 Å². The largest absolute Gasteiger partial charge is 0.494 e. The molecule has 2 heterocycles. The van der Waals surface area contributed by atoms with Gasteiger partial charge in [-0.25, -0.2) is 0 Å². The maximum atomic E-state index is 12.8. The van der Waals surface area contributed by atoms with Gasteiger partial charge in [-0.05, 0) is 44.2 Å². The van der Waals surface area contributed by atoms with Crippen LogP contribution in [0.15, 0.2) is 48.5 Å². The lowest BCUT2D eigenvalue weighted by molar-refractivity contribution is -0.118. The summed E-state index contributed by atoms with van der Waals surface area (Å²) in [5.41, 5.74) is 2.56. The molecule has 0 spiro atoms. The second kappa shape index (κ2) is 8.02. The molecule has 1 aliphatic rings. The van der Waals surface area contributed by atoms with Gasteiger partial charge in [-0.3, -0.25) is 14.4 Å². The third-order valence-corrected chi connectivity index (χ3v) is 5.25. The summed E-state index contributed by atoms with van der Waals surface area (Å²) < 4.78 is 5.43. The number of benzene rings is 2. The molecule has 0 unspecified atom stereocenters. The third kappa shape index (κ3) is 3.66. The molecule has 0 aliphatic carbocycles. The van der Waals surface area contributed by atoms with Gasteiger partial charge in [0, 0.05) is 35.2 Å². The number of H-pyrrole nitrogens is 1. The molecule has 1 fully saturated rings. The zero-order valence-electron chi connectivity index (χ0n) is 16.9. The van der Waals surface area contributed by atoms with Gasteiger partial charge >= 0.3 is 0 Å². The second-order valence-corrected chi connectivity index (χ2v) is 7.31. The molecule has 2 amide bonds. The van der Waals surface area contributed by atoms with Crippen LogP contribution in [0, 0.1) is 6.92 Å². The molecule has 1 saturated heterocycles. The van der Waals surface area contributed by atoms with Crippen LogP contribution in [0.5, 0.6) is 5.75 Å². The van der Waals surface area contributed by atoms with Crippen LogP contribution < -0.4 is 15.0 Å². The minimum atomic E-state index is -0.700. The van der Waals surface area contributed by atoms with Gasteiger partial charge in [0.1, 0.15) is 5.75 Å². The predicted octanol–water partition coefficient (Wildman–Crippen LogP) is 2.98. The first kappa shape index (κ1) is 19.7. The van der Waals surface area contributed by atoms with E-state index in [1.165, 1.54) is 0 Å². The van der Waals surface area contributed by atoms with E-state index in [-0.39, 0.29) is 12.3 Å². The van der Waals surface area contributed by atoms with Crippen molar-refractivity contribution in [1.29, 1.82) is 0 Å². The normalized spacial score (nSPS) is 16.1. The summed E-state index contributed by atoms with van der Waals surface area (Å²) in [5.74, 6) is -0.663. The Kier molecular flexibility index (Phi) is 5.27. The number of hydrogen-bond acceptors (Lipinski definition) is 4. The zero-order valence-corrected chi connectivity index (χ0v) is 16.9. The monoisotopic (exact) mass is 405 g/mol. The van der Waals surface area contributed by atoms with Crippen LogP contribution in [-0.2, 0) is 9.59 Å². The van der Waals surface area contributed by atoms with Gasteiger partial charge in [-0.1, -0.05) is 18.2 Å². The van der Waals surface area contributed by atoms with Gasteiger partial charge in [-0.2, -0.15) is 0 Å². The zero-order chi connectivity index (χ0) is 21.3. The van der Waals surface area contributed by atoms with Crippen LogP contribution in [0.4, 0.5) is 5.69 Å². The number of fused-ring (bicyclic) bond motifs is 1. The molecule has 0 saturated carbocycles. The quantitative estimate of drug-likeness (QED) is 0.487. The number of ketones is 1. The van der Waals surface area contributed by atoms with Crippen LogP contribution in [0.1, 0.15) is 29.4 Å². The predicted molar refractivity (Wildman–Crippen MR) is 114 cm³/mol. The Labute approximate surface area is 174 Å². The molecule has 2 N–H and O–H groups in total. The van der Waals surface area contributed by atoms with Gasteiger partial charge in [0.25, 0.3) is 11.7 Å². The first-order valence-electron chi connectivity index (χ1n) is 9.93. The molecule has 7 heteroatoms. The molecular formula is C23H23N3O4. The molecule has 1 atom stereocenters. The SMILES string of the molecule is CCOc1ccc(N2C[C@H](NC(=O)C(=O)c3c(C)[nH]c4ccccc34)CC2=O)cc1. The van der Waals surface area contributed by atoms with Crippen molar-refractivity contribution in [2.75, 3.05) is 18.1 Å². The summed E-state index contributed by atoms with van der Waals surface area (Å²) in [5, 5.41) is 3.45. The summed E-state index contributed by atoms with van der Waals surface area (Å²) in [6.07, 6.45) is 0.152. The Morgan fingerprint density at radius 2 is 1.90 bits per heavy atom. The van der Waals surface area contributed by atoms with E-state index in [2.05, 4.69) is 10.3 Å². The van der Waals surface area contributed by atoms with Gasteiger partial charge in [0.15, 0.2) is 0 Å². The van der Waals surface area contributed by atoms with Gasteiger partial charge in [0.05, 0.1) is 18.2 Å². The topological polar surface area (TPSA) is 91.5 Å². The number of aromatic amines is 1. The first-order valence-corrected chi connectivity index (χ1v) is 9.93. The molecular weight excluding hydrogens is 382 g/mol. The number of hydrogen-bond donors (Lipinski definition) is 2. The third-order valence-electron chi connectivity index (χ3n) is 5.25. The summed E-state index contributed by atoms with van der Waals surface area (Å²) in [6.45, 7) is 4.57. The maximum absolute atomic E-state index is 12.8. The minimum Gasteiger partial charge on any atom is -0.494 e. The maximum Gasteiger partial charge on any atom is 0.292 e. The molecule has 30 heavy (non-hydrogen) atoms. The van der Waals surface area contributed by atoms with E-state index < -0.39 is 17.7 Å². The number of aromatic nitrogens is 1. The fourth-order valence-electron chi connectivity index (χ4n) is 3.88. The van der Waals surface area contributed by atoms with Crippen LogP contribution in [0.3, 0.4) is 0 Å². The average Bonchev–Trinajstić information content (AvgIpc) is 3.26. The molecule has 0 bridgehead atoms. The van der Waals surface area contributed by atoms with Crippen molar-refractivity contribution in [3.8, 4) is 5.75 Å². The summed E-state index contributed by atoms with van der Waals surface area (Å²) >= 11 is 0. The molecule has 154 valence electrons. The number of nitrogens with zero attached hydrogens (tertiary/aromatic N) is 1. The standard InChI is InChI=1S/C23H23N3O4/c1-3-30-17-10-8-16(9-11-17)26-13-15(12-20(26)27)25-23(29)22(28)21-14(2)24-19-7-5-4-6-18(19)21/h4-11,15,24H,3,12-13H2,1-2H3,(H,25,29)/t15-/m1/s1. The highest BCUT2D eigenvalue weighted by Crippen LogP contribution is 2.25. The fraction of sp³-hybridized carbons (Fsp3) is 0.261. The van der Waals surface area contributed by atoms with E-state index in [9.17, 15) is 14.4 Å². The average molecular weight is 405 g/mol. The number of amides is 2. The molecule has 1 aromatic heterocycles. The molecule has 4 rings (SSSR count). The first-order chi connectivity index (χ1) is 14.5. The molecule has 2 aromatic carbocycles. The summed E-state index contributed by atoms with van der Waals surface area (Å²) in [4.78, 5) is 42.7. The van der Waals surface area contributed by atoms with Crippen LogP contribution in [-0.4, -0.2) is 41.8 Å². The number of rotatable bonds is 6. The van der Waals surface area contributed by atoms with Crippen molar-refractivity contribution in [2.24, 2.45) is 0 Å². The Balaban J connectivity index is 1.45. The Hall–Kier alpha value is -3.61. The fourth-order valence-corrected chi connectivity index (χ4v) is 3.88. The molecule has 0 radical (unpaired) electrons. The Morgan fingerprint density at radius 1 is 1.17 bits per heavy atom. The van der Waals surface area contributed by atoms with Crippen molar-refractivity contribution >= 4 is 34.2 Å². The van der Waals surface area contributed by atoms with E-state index in [0.29, 0.717) is 29.8 Å². The van der Waals surface area contributed by atoms with E-state index >= 15 is 0 Å². The van der Waals surface area contributed by atoms with Crippen molar-refractivity contribution in [3.05, 3.63) is 59.8 Å². The lowest BCUT2D eigenvalue weighted by atomic mass is 10.1. The lowest BCUT2D eigenvalue weighted by Gasteiger charge is -2.17. The lowest BCUT2D eigenvalue weighted by Crippen LogP contribution is -2.41. The van der Waals surface area contributed by atoms with Crippen molar-refractivity contribution in [2.45, 2.75) is 26.3 Å². The number of anilines is 1. The Morgan fingerprint density at radius 3 is 2.63 bits per heavy atom. The van der Waals surface area contributed by atoms with E-state index in [1.54, 1.807) is 24.0 Å². The highest BCUT2D eigenvalue weighted by Gasteiger charge is 2.33. The number of ether oxygens (including phenoxy) is 1. The van der Waals surface area contributed by atoms with Gasteiger partial charge in [0.2, 0.25) is 5.91 Å². The summed E-state index contributed by atoms with van der Waals surface area (Å²) in [7, 11) is 0. The van der Waals surface area contributed by atoms with E-state index in [1.807, 2.05) is 43.3 Å². The highest BCUT2D eigenvalue weighted by atomic mass is 16.5. The van der Waals surface area contributed by atoms with Crippen molar-refractivity contribution in [3.63, 3.8) is 0 Å². The van der Waals surface area contributed by atoms with Crippen LogP contribution in [0.2, 0.25) is 0 Å². The Bertz CT molecular complexity index is 1120. The summed E-state index contributed by atoms with van der Waals surface area (Å²) in [6, 6.07) is 14.2. The molecule has 1 aliphatic heterocycles. The van der Waals surface area contributed by atoms with E-state index in [4.69, 9.17) is 4.74 Å². The molecule has 7 nitrogen and oxygen atoms in total. The number of carbonyl (C=O) groups excluding carboxylic acids is 3. The smallest absolute Gasteiger partial charge is 0.292 e. The van der Waals surface area contributed by atoms with Crippen molar-refractivity contribution < 1.29 is 19.1 Å². The molecule has 3 aromatic rings.